The van der Waals surface area contributed by atoms with E-state index in [0.717, 1.165) is 11.4 Å². The first-order chi connectivity index (χ1) is 19.0. The van der Waals surface area contributed by atoms with Crippen LogP contribution in [0.15, 0.2) is 24.5 Å². The van der Waals surface area contributed by atoms with E-state index < -0.39 is 18.4 Å². The van der Waals surface area contributed by atoms with Gasteiger partial charge >= 0.3 is 6.36 Å². The van der Waals surface area contributed by atoms with Gasteiger partial charge in [0, 0.05) is 51.4 Å². The lowest BCUT2D eigenvalue weighted by molar-refractivity contribution is -0.275. The molecule has 13 heteroatoms. The second kappa shape index (κ2) is 11.9. The zero-order valence-corrected chi connectivity index (χ0v) is 24.3. The molecule has 0 radical (unpaired) electrons. The Balaban J connectivity index is 1.33. The van der Waals surface area contributed by atoms with Crippen molar-refractivity contribution in [1.29, 1.82) is 0 Å². The highest BCUT2D eigenvalue weighted by Crippen LogP contribution is 2.43. The number of aliphatic hydroxyl groups is 2. The number of aliphatic hydroxyl groups excluding tert-OH is 2. The first kappa shape index (κ1) is 29.3. The molecule has 3 heterocycles. The number of alkyl halides is 3. The minimum Gasteiger partial charge on any atom is -0.405 e. The van der Waals surface area contributed by atoms with Gasteiger partial charge in [0.15, 0.2) is 0 Å². The Labute approximate surface area is 244 Å². The van der Waals surface area contributed by atoms with Crippen molar-refractivity contribution in [1.82, 2.24) is 19.8 Å². The van der Waals surface area contributed by atoms with E-state index in [4.69, 9.17) is 0 Å². The summed E-state index contributed by atoms with van der Waals surface area (Å²) in [6, 6.07) is 4.40. The largest absolute Gasteiger partial charge is 0.573 e. The summed E-state index contributed by atoms with van der Waals surface area (Å²) < 4.78 is 42.9. The first-order valence-corrected chi connectivity index (χ1v) is 14.6. The smallest absolute Gasteiger partial charge is 0.405 e. The third-order valence-corrected chi connectivity index (χ3v) is 8.89. The number of piperazine rings is 1. The van der Waals surface area contributed by atoms with E-state index in [1.807, 2.05) is 4.90 Å². The van der Waals surface area contributed by atoms with E-state index in [1.54, 1.807) is 28.7 Å². The van der Waals surface area contributed by atoms with Crippen LogP contribution in [0.4, 0.5) is 19.0 Å². The number of amides is 1. The number of carbonyl (C=O) groups excluding carboxylic acids is 1. The Morgan fingerprint density at radius 3 is 2.48 bits per heavy atom. The van der Waals surface area contributed by atoms with Crippen molar-refractivity contribution in [2.75, 3.05) is 50.7 Å². The van der Waals surface area contributed by atoms with Crippen LogP contribution in [-0.4, -0.2) is 94.2 Å². The monoisotopic (exact) mass is 675 g/mol. The Hall–Kier alpha value is -2.23. The molecule has 1 aromatic heterocycles. The Morgan fingerprint density at radius 1 is 1.12 bits per heavy atom. The summed E-state index contributed by atoms with van der Waals surface area (Å²) in [5.74, 6) is -0.00887. The number of halogens is 4. The highest BCUT2D eigenvalue weighted by Gasteiger charge is 2.36. The second-order valence-corrected chi connectivity index (χ2v) is 11.9. The molecule has 1 amide bonds. The number of piperidine rings is 1. The second-order valence-electron chi connectivity index (χ2n) is 10.8. The molecule has 2 fully saturated rings. The predicted molar refractivity (Wildman–Crippen MR) is 149 cm³/mol. The lowest BCUT2D eigenvalue weighted by atomic mass is 9.95. The van der Waals surface area contributed by atoms with Crippen LogP contribution in [0.1, 0.15) is 60.9 Å². The van der Waals surface area contributed by atoms with Crippen molar-refractivity contribution in [3.63, 3.8) is 0 Å². The van der Waals surface area contributed by atoms with Crippen molar-refractivity contribution in [2.45, 2.75) is 56.6 Å². The van der Waals surface area contributed by atoms with Gasteiger partial charge in [0.2, 0.25) is 5.91 Å². The highest BCUT2D eigenvalue weighted by molar-refractivity contribution is 14.1. The van der Waals surface area contributed by atoms with Crippen molar-refractivity contribution < 1.29 is 32.9 Å². The SMILES string of the molecule is C[C@@H]1C[C@@H](O)c2ncnc(N3CCN(C(=O)[C@H](CN4CCC(O)CC4)c4ccc(OC(F)(F)F)c(I)c4)CC3)c21. The summed E-state index contributed by atoms with van der Waals surface area (Å²) in [7, 11) is 0. The van der Waals surface area contributed by atoms with Crippen LogP contribution in [0.3, 0.4) is 0 Å². The molecule has 2 saturated heterocycles. The van der Waals surface area contributed by atoms with Gasteiger partial charge in [-0.25, -0.2) is 9.97 Å². The fraction of sp³-hybridized carbons (Fsp3) is 0.593. The summed E-state index contributed by atoms with van der Waals surface area (Å²) in [6.07, 6.45) is -2.43. The molecule has 40 heavy (non-hydrogen) atoms. The van der Waals surface area contributed by atoms with Crippen LogP contribution in [0.5, 0.6) is 5.75 Å². The van der Waals surface area contributed by atoms with Crippen LogP contribution >= 0.6 is 22.6 Å². The molecule has 218 valence electrons. The Morgan fingerprint density at radius 2 is 1.82 bits per heavy atom. The highest BCUT2D eigenvalue weighted by atomic mass is 127. The maximum absolute atomic E-state index is 13.9. The summed E-state index contributed by atoms with van der Waals surface area (Å²) in [4.78, 5) is 28.8. The molecular formula is C27H33F3IN5O4. The lowest BCUT2D eigenvalue weighted by Gasteiger charge is -2.39. The molecule has 9 nitrogen and oxygen atoms in total. The van der Waals surface area contributed by atoms with Gasteiger partial charge in [-0.2, -0.15) is 0 Å². The topological polar surface area (TPSA) is 102 Å². The summed E-state index contributed by atoms with van der Waals surface area (Å²) in [5, 5.41) is 20.3. The molecule has 0 bridgehead atoms. The number of anilines is 1. The molecule has 2 N–H and O–H groups in total. The van der Waals surface area contributed by atoms with E-state index in [9.17, 15) is 28.2 Å². The van der Waals surface area contributed by atoms with Gasteiger partial charge in [-0.05, 0) is 65.5 Å². The van der Waals surface area contributed by atoms with Gasteiger partial charge in [-0.3, -0.25) is 4.79 Å². The summed E-state index contributed by atoms with van der Waals surface area (Å²) in [6.45, 7) is 5.83. The average Bonchev–Trinajstić information content (AvgIpc) is 3.22. The van der Waals surface area contributed by atoms with Crippen LogP contribution in [-0.2, 0) is 4.79 Å². The molecule has 2 aliphatic heterocycles. The number of hydrogen-bond acceptors (Lipinski definition) is 8. The van der Waals surface area contributed by atoms with Crippen LogP contribution in [0.25, 0.3) is 0 Å². The van der Waals surface area contributed by atoms with E-state index in [2.05, 4.69) is 31.4 Å². The molecule has 1 aliphatic carbocycles. The van der Waals surface area contributed by atoms with Crippen molar-refractivity contribution in [3.8, 4) is 5.75 Å². The van der Waals surface area contributed by atoms with E-state index in [-0.39, 0.29) is 27.2 Å². The zero-order valence-electron chi connectivity index (χ0n) is 22.1. The Bertz CT molecular complexity index is 1220. The molecular weight excluding hydrogens is 642 g/mol. The number of hydrogen-bond donors (Lipinski definition) is 2. The molecule has 3 aliphatic rings. The maximum atomic E-state index is 13.9. The van der Waals surface area contributed by atoms with Crippen molar-refractivity contribution >= 4 is 34.3 Å². The molecule has 5 rings (SSSR count). The molecule has 0 saturated carbocycles. The minimum absolute atomic E-state index is 0.0808. The summed E-state index contributed by atoms with van der Waals surface area (Å²) in [5.41, 5.74) is 2.28. The van der Waals surface area contributed by atoms with Crippen molar-refractivity contribution in [3.05, 3.63) is 44.9 Å². The number of rotatable bonds is 6. The number of ether oxygens (including phenoxy) is 1. The third kappa shape index (κ3) is 6.47. The number of benzene rings is 1. The number of aromatic nitrogens is 2. The number of fused-ring (bicyclic) bond motifs is 1. The quantitative estimate of drug-likeness (QED) is 0.450. The van der Waals surface area contributed by atoms with Crippen LogP contribution < -0.4 is 9.64 Å². The van der Waals surface area contributed by atoms with Gasteiger partial charge < -0.3 is 29.6 Å². The van der Waals surface area contributed by atoms with Gasteiger partial charge in [-0.15, -0.1) is 13.2 Å². The fourth-order valence-corrected chi connectivity index (χ4v) is 6.59. The normalized spacial score (nSPS) is 23.3. The number of nitrogens with zero attached hydrogens (tertiary/aromatic N) is 5. The van der Waals surface area contributed by atoms with E-state index in [1.165, 1.54) is 18.5 Å². The lowest BCUT2D eigenvalue weighted by Crippen LogP contribution is -2.52. The van der Waals surface area contributed by atoms with E-state index in [0.29, 0.717) is 76.3 Å². The summed E-state index contributed by atoms with van der Waals surface area (Å²) >= 11 is 1.80. The van der Waals surface area contributed by atoms with Crippen LogP contribution in [0, 0.1) is 3.57 Å². The van der Waals surface area contributed by atoms with Crippen molar-refractivity contribution in [2.24, 2.45) is 0 Å². The standard InChI is InChI=1S/C27H33F3IN5O4/c1-16-12-21(38)24-23(16)25(33-15-32-24)35-8-10-36(11-9-35)26(39)19(14-34-6-4-18(37)5-7-34)17-2-3-22(20(31)13-17)40-27(28,29)30/h2-3,13,15-16,18-19,21,37-38H,4-12,14H2,1H3/t16-,19-,21-/m1/s1. The minimum atomic E-state index is -4.80. The molecule has 0 spiro atoms. The maximum Gasteiger partial charge on any atom is 0.573 e. The predicted octanol–water partition coefficient (Wildman–Crippen LogP) is 3.41. The van der Waals surface area contributed by atoms with Gasteiger partial charge in [0.1, 0.15) is 17.9 Å². The van der Waals surface area contributed by atoms with Gasteiger partial charge in [0.25, 0.3) is 0 Å². The van der Waals surface area contributed by atoms with Gasteiger partial charge in [0.05, 0.1) is 27.4 Å². The molecule has 1 aromatic carbocycles. The number of carbonyl (C=O) groups is 1. The molecule has 3 atom stereocenters. The average molecular weight is 675 g/mol. The van der Waals surface area contributed by atoms with Crippen LogP contribution in [0.2, 0.25) is 0 Å². The van der Waals surface area contributed by atoms with E-state index >= 15 is 0 Å². The Kier molecular flexibility index (Phi) is 8.74. The number of likely N-dealkylation sites (tertiary alicyclic amines) is 1. The zero-order chi connectivity index (χ0) is 28.6. The fourth-order valence-electron chi connectivity index (χ4n) is 5.94. The first-order valence-electron chi connectivity index (χ1n) is 13.5. The molecule has 0 unspecified atom stereocenters. The molecule has 2 aromatic rings. The third-order valence-electron chi connectivity index (χ3n) is 8.05. The van der Waals surface area contributed by atoms with Gasteiger partial charge in [-0.1, -0.05) is 13.0 Å².